The summed E-state index contributed by atoms with van der Waals surface area (Å²) in [4.78, 5) is 14.0. The molecule has 0 bridgehead atoms. The third-order valence-electron chi connectivity index (χ3n) is 3.75. The zero-order valence-corrected chi connectivity index (χ0v) is 10.9. The molecule has 4 heteroatoms. The van der Waals surface area contributed by atoms with Gasteiger partial charge in [-0.05, 0) is 45.4 Å². The number of carbonyl (C=O) groups excluding carboxylic acids is 1. The van der Waals surface area contributed by atoms with E-state index >= 15 is 0 Å². The van der Waals surface area contributed by atoms with E-state index in [9.17, 15) is 4.79 Å². The van der Waals surface area contributed by atoms with Crippen LogP contribution in [0.15, 0.2) is 0 Å². The van der Waals surface area contributed by atoms with Gasteiger partial charge in [0.05, 0.1) is 6.10 Å². The summed E-state index contributed by atoms with van der Waals surface area (Å²) in [5.41, 5.74) is 0. The van der Waals surface area contributed by atoms with Crippen LogP contribution >= 0.6 is 0 Å². The number of amides is 2. The maximum absolute atomic E-state index is 12.0. The van der Waals surface area contributed by atoms with Gasteiger partial charge >= 0.3 is 6.03 Å². The highest BCUT2D eigenvalue weighted by Gasteiger charge is 2.31. The Balaban J connectivity index is 1.77. The molecule has 2 amide bonds. The highest BCUT2D eigenvalue weighted by atomic mass is 16.5. The van der Waals surface area contributed by atoms with E-state index in [1.807, 2.05) is 11.8 Å². The summed E-state index contributed by atoms with van der Waals surface area (Å²) in [6.45, 7) is 6.47. The lowest BCUT2D eigenvalue weighted by molar-refractivity contribution is 0.0161. The molecule has 17 heavy (non-hydrogen) atoms. The monoisotopic (exact) mass is 240 g/mol. The number of nitrogens with one attached hydrogen (secondary N) is 1. The van der Waals surface area contributed by atoms with Gasteiger partial charge in [-0.3, -0.25) is 0 Å². The Bertz CT molecular complexity index is 264. The van der Waals surface area contributed by atoms with Crippen molar-refractivity contribution >= 4 is 6.03 Å². The standard InChI is InChI=1S/C13H24N2O2/c1-3-17-12-5-4-8-15(9-12)13(16)14-10(2)11-6-7-11/h10-12H,3-9H2,1-2H3,(H,14,16)/t10-,12+/m1/s1. The first-order chi connectivity index (χ1) is 8.20. The molecule has 1 heterocycles. The molecule has 1 saturated heterocycles. The smallest absolute Gasteiger partial charge is 0.317 e. The van der Waals surface area contributed by atoms with E-state index in [-0.39, 0.29) is 12.1 Å². The zero-order valence-electron chi connectivity index (χ0n) is 10.9. The fraction of sp³-hybridized carbons (Fsp3) is 0.923. The molecule has 1 aliphatic heterocycles. The third kappa shape index (κ3) is 3.60. The van der Waals surface area contributed by atoms with Crippen molar-refractivity contribution in [3.05, 3.63) is 0 Å². The molecule has 2 rings (SSSR count). The van der Waals surface area contributed by atoms with Crippen LogP contribution in [-0.4, -0.2) is 42.8 Å². The summed E-state index contributed by atoms with van der Waals surface area (Å²) in [5, 5.41) is 3.11. The maximum atomic E-state index is 12.0. The number of carbonyl (C=O) groups is 1. The van der Waals surface area contributed by atoms with E-state index in [0.717, 1.165) is 32.5 Å². The normalized spacial score (nSPS) is 26.7. The zero-order chi connectivity index (χ0) is 12.3. The largest absolute Gasteiger partial charge is 0.377 e. The number of ether oxygens (including phenoxy) is 1. The van der Waals surface area contributed by atoms with E-state index in [2.05, 4.69) is 12.2 Å². The average molecular weight is 240 g/mol. The number of nitrogens with zero attached hydrogens (tertiary/aromatic N) is 1. The minimum absolute atomic E-state index is 0.0915. The molecular formula is C13H24N2O2. The topological polar surface area (TPSA) is 41.6 Å². The van der Waals surface area contributed by atoms with Crippen LogP contribution < -0.4 is 5.32 Å². The fourth-order valence-corrected chi connectivity index (χ4v) is 2.49. The number of likely N-dealkylation sites (tertiary alicyclic amines) is 1. The number of rotatable bonds is 4. The van der Waals surface area contributed by atoms with Crippen LogP contribution in [0.3, 0.4) is 0 Å². The molecule has 0 aromatic carbocycles. The first-order valence-corrected chi connectivity index (χ1v) is 6.87. The highest BCUT2D eigenvalue weighted by Crippen LogP contribution is 2.32. The van der Waals surface area contributed by atoms with Crippen LogP contribution in [0.25, 0.3) is 0 Å². The van der Waals surface area contributed by atoms with Gasteiger partial charge in [0.15, 0.2) is 0 Å². The molecule has 98 valence electrons. The van der Waals surface area contributed by atoms with Crippen molar-refractivity contribution in [3.63, 3.8) is 0 Å². The number of hydrogen-bond acceptors (Lipinski definition) is 2. The number of hydrogen-bond donors (Lipinski definition) is 1. The Kier molecular flexibility index (Phi) is 4.26. The molecular weight excluding hydrogens is 216 g/mol. The quantitative estimate of drug-likeness (QED) is 0.816. The van der Waals surface area contributed by atoms with E-state index < -0.39 is 0 Å². The second kappa shape index (κ2) is 5.71. The molecule has 2 atom stereocenters. The van der Waals surface area contributed by atoms with E-state index in [1.165, 1.54) is 12.8 Å². The van der Waals surface area contributed by atoms with Crippen molar-refractivity contribution in [3.8, 4) is 0 Å². The van der Waals surface area contributed by atoms with Gasteiger partial charge in [-0.25, -0.2) is 4.79 Å². The Hall–Kier alpha value is -0.770. The van der Waals surface area contributed by atoms with Crippen LogP contribution in [0.5, 0.6) is 0 Å². The van der Waals surface area contributed by atoms with Crippen molar-refractivity contribution in [1.29, 1.82) is 0 Å². The van der Waals surface area contributed by atoms with E-state index in [4.69, 9.17) is 4.74 Å². The Morgan fingerprint density at radius 1 is 1.47 bits per heavy atom. The molecule has 2 fully saturated rings. The average Bonchev–Trinajstić information content (AvgIpc) is 3.13. The van der Waals surface area contributed by atoms with Crippen LogP contribution in [-0.2, 0) is 4.74 Å². The Morgan fingerprint density at radius 3 is 2.88 bits per heavy atom. The third-order valence-corrected chi connectivity index (χ3v) is 3.75. The van der Waals surface area contributed by atoms with Crippen molar-refractivity contribution in [2.45, 2.75) is 51.7 Å². The fourth-order valence-electron chi connectivity index (χ4n) is 2.49. The first-order valence-electron chi connectivity index (χ1n) is 6.87. The van der Waals surface area contributed by atoms with Crippen molar-refractivity contribution in [1.82, 2.24) is 10.2 Å². The van der Waals surface area contributed by atoms with Gasteiger partial charge < -0.3 is 15.0 Å². The van der Waals surface area contributed by atoms with Crippen LogP contribution in [0.1, 0.15) is 39.5 Å². The second-order valence-electron chi connectivity index (χ2n) is 5.24. The van der Waals surface area contributed by atoms with Gasteiger partial charge in [0.2, 0.25) is 0 Å². The maximum Gasteiger partial charge on any atom is 0.317 e. The van der Waals surface area contributed by atoms with Gasteiger partial charge in [0, 0.05) is 25.7 Å². The minimum Gasteiger partial charge on any atom is -0.377 e. The van der Waals surface area contributed by atoms with Gasteiger partial charge in [0.1, 0.15) is 0 Å². The predicted octanol–water partition coefficient (Wildman–Crippen LogP) is 2.00. The van der Waals surface area contributed by atoms with Gasteiger partial charge in [0.25, 0.3) is 0 Å². The molecule has 1 saturated carbocycles. The van der Waals surface area contributed by atoms with Crippen molar-refractivity contribution in [2.75, 3.05) is 19.7 Å². The predicted molar refractivity (Wildman–Crippen MR) is 66.9 cm³/mol. The summed E-state index contributed by atoms with van der Waals surface area (Å²) >= 11 is 0. The second-order valence-corrected chi connectivity index (χ2v) is 5.24. The van der Waals surface area contributed by atoms with Gasteiger partial charge in [-0.2, -0.15) is 0 Å². The molecule has 0 aromatic heterocycles. The summed E-state index contributed by atoms with van der Waals surface area (Å²) in [6.07, 6.45) is 4.90. The SMILES string of the molecule is CCO[C@H]1CCCN(C(=O)N[C@H](C)C2CC2)C1. The first kappa shape index (κ1) is 12.7. The lowest BCUT2D eigenvalue weighted by Crippen LogP contribution is -2.50. The molecule has 0 unspecified atom stereocenters. The lowest BCUT2D eigenvalue weighted by Gasteiger charge is -2.33. The molecule has 0 radical (unpaired) electrons. The molecule has 4 nitrogen and oxygen atoms in total. The summed E-state index contributed by atoms with van der Waals surface area (Å²) < 4.78 is 5.61. The Morgan fingerprint density at radius 2 is 2.24 bits per heavy atom. The summed E-state index contributed by atoms with van der Waals surface area (Å²) in [6, 6.07) is 0.420. The minimum atomic E-state index is 0.0915. The van der Waals surface area contributed by atoms with Crippen LogP contribution in [0, 0.1) is 5.92 Å². The summed E-state index contributed by atoms with van der Waals surface area (Å²) in [7, 11) is 0. The van der Waals surface area contributed by atoms with Gasteiger partial charge in [-0.1, -0.05) is 0 Å². The van der Waals surface area contributed by atoms with Crippen LogP contribution in [0.4, 0.5) is 4.79 Å². The Labute approximate surface area is 104 Å². The van der Waals surface area contributed by atoms with Crippen LogP contribution in [0.2, 0.25) is 0 Å². The number of piperidine rings is 1. The lowest BCUT2D eigenvalue weighted by atomic mass is 10.1. The molecule has 2 aliphatic rings. The van der Waals surface area contributed by atoms with E-state index in [1.54, 1.807) is 0 Å². The molecule has 1 N–H and O–H groups in total. The number of urea groups is 1. The molecule has 0 aromatic rings. The highest BCUT2D eigenvalue weighted by molar-refractivity contribution is 5.74. The van der Waals surface area contributed by atoms with Gasteiger partial charge in [-0.15, -0.1) is 0 Å². The van der Waals surface area contributed by atoms with E-state index in [0.29, 0.717) is 12.0 Å². The molecule has 1 aliphatic carbocycles. The van der Waals surface area contributed by atoms with Crippen molar-refractivity contribution in [2.24, 2.45) is 5.92 Å². The molecule has 0 spiro atoms. The summed E-state index contributed by atoms with van der Waals surface area (Å²) in [5.74, 6) is 0.714. The van der Waals surface area contributed by atoms with Crippen molar-refractivity contribution < 1.29 is 9.53 Å².